The second kappa shape index (κ2) is 6.53. The maximum Gasteiger partial charge on any atom is 0.274 e. The molecule has 1 fully saturated rings. The Kier molecular flexibility index (Phi) is 4.75. The van der Waals surface area contributed by atoms with Crippen molar-refractivity contribution in [2.45, 2.75) is 45.2 Å². The highest BCUT2D eigenvalue weighted by Gasteiger charge is 2.31. The number of carbonyl (C=O) groups excluding carboxylic acids is 1. The smallest absolute Gasteiger partial charge is 0.274 e. The van der Waals surface area contributed by atoms with E-state index in [9.17, 15) is 4.79 Å². The van der Waals surface area contributed by atoms with E-state index >= 15 is 0 Å². The number of nitrogens with zero attached hydrogens (tertiary/aromatic N) is 2. The average molecular weight is 272 g/mol. The molecule has 0 spiro atoms. The first-order chi connectivity index (χ1) is 9.65. The van der Waals surface area contributed by atoms with Crippen molar-refractivity contribution in [3.63, 3.8) is 0 Å². The lowest BCUT2D eigenvalue weighted by Gasteiger charge is -2.39. The number of piperidine rings is 1. The van der Waals surface area contributed by atoms with Crippen LogP contribution < -0.4 is 0 Å². The molecule has 0 aliphatic carbocycles. The molecule has 2 atom stereocenters. The van der Waals surface area contributed by atoms with Crippen LogP contribution in [0.15, 0.2) is 18.3 Å². The minimum atomic E-state index is -0.223. The van der Waals surface area contributed by atoms with Crippen molar-refractivity contribution < 1.29 is 9.90 Å². The van der Waals surface area contributed by atoms with Gasteiger partial charge in [0.2, 0.25) is 0 Å². The van der Waals surface area contributed by atoms with Gasteiger partial charge in [0, 0.05) is 18.3 Å². The summed E-state index contributed by atoms with van der Waals surface area (Å²) < 4.78 is 0. The molecule has 4 heteroatoms. The van der Waals surface area contributed by atoms with Crippen LogP contribution in [-0.2, 0) is 0 Å². The number of likely N-dealkylation sites (tertiary alicyclic amines) is 1. The minimum Gasteiger partial charge on any atom is -0.384 e. The molecule has 0 aromatic carbocycles. The van der Waals surface area contributed by atoms with Gasteiger partial charge in [-0.1, -0.05) is 11.8 Å². The van der Waals surface area contributed by atoms with Crippen LogP contribution in [0.2, 0.25) is 0 Å². The number of hydrogen-bond acceptors (Lipinski definition) is 3. The van der Waals surface area contributed by atoms with E-state index in [1.165, 1.54) is 0 Å². The summed E-state index contributed by atoms with van der Waals surface area (Å²) in [6, 6.07) is 3.97. The summed E-state index contributed by atoms with van der Waals surface area (Å²) >= 11 is 0. The molecule has 20 heavy (non-hydrogen) atoms. The van der Waals surface area contributed by atoms with Crippen molar-refractivity contribution >= 4 is 5.91 Å². The normalized spacial score (nSPS) is 22.1. The summed E-state index contributed by atoms with van der Waals surface area (Å²) in [4.78, 5) is 18.9. The molecular formula is C16H20N2O2. The fourth-order valence-corrected chi connectivity index (χ4v) is 2.76. The molecular weight excluding hydrogens is 252 g/mol. The van der Waals surface area contributed by atoms with E-state index in [2.05, 4.69) is 30.7 Å². The van der Waals surface area contributed by atoms with E-state index in [0.717, 1.165) is 19.3 Å². The highest BCUT2D eigenvalue weighted by atomic mass is 16.2. The minimum absolute atomic E-state index is 0.0625. The van der Waals surface area contributed by atoms with Gasteiger partial charge < -0.3 is 10.0 Å². The number of aliphatic hydroxyl groups is 1. The molecule has 4 nitrogen and oxygen atoms in total. The fourth-order valence-electron chi connectivity index (χ4n) is 2.76. The Balaban J connectivity index is 2.33. The van der Waals surface area contributed by atoms with Gasteiger partial charge in [-0.3, -0.25) is 4.79 Å². The van der Waals surface area contributed by atoms with Gasteiger partial charge in [-0.15, -0.1) is 0 Å². The average Bonchev–Trinajstić information content (AvgIpc) is 2.45. The first-order valence-corrected chi connectivity index (χ1v) is 7.02. The van der Waals surface area contributed by atoms with Crippen LogP contribution in [0.3, 0.4) is 0 Å². The molecule has 1 aliphatic heterocycles. The molecule has 1 amide bonds. The number of hydrogen-bond donors (Lipinski definition) is 1. The third-order valence-electron chi connectivity index (χ3n) is 3.74. The van der Waals surface area contributed by atoms with E-state index in [-0.39, 0.29) is 24.6 Å². The second-order valence-corrected chi connectivity index (χ2v) is 5.20. The molecule has 2 heterocycles. The Hall–Kier alpha value is -1.86. The number of carbonyl (C=O) groups is 1. The van der Waals surface area contributed by atoms with E-state index in [0.29, 0.717) is 11.3 Å². The van der Waals surface area contributed by atoms with Gasteiger partial charge in [-0.2, -0.15) is 0 Å². The maximum atomic E-state index is 12.7. The lowest BCUT2D eigenvalue weighted by atomic mass is 9.96. The Morgan fingerprint density at radius 2 is 2.15 bits per heavy atom. The quantitative estimate of drug-likeness (QED) is 0.794. The van der Waals surface area contributed by atoms with Crippen LogP contribution in [0.4, 0.5) is 0 Å². The van der Waals surface area contributed by atoms with Crippen molar-refractivity contribution in [2.24, 2.45) is 0 Å². The maximum absolute atomic E-state index is 12.7. The van der Waals surface area contributed by atoms with Crippen LogP contribution in [-0.4, -0.2) is 39.6 Å². The van der Waals surface area contributed by atoms with Crippen molar-refractivity contribution in [3.8, 4) is 11.8 Å². The second-order valence-electron chi connectivity index (χ2n) is 5.20. The number of amides is 1. The molecule has 106 valence electrons. The predicted molar refractivity (Wildman–Crippen MR) is 77.1 cm³/mol. The summed E-state index contributed by atoms with van der Waals surface area (Å²) in [6.45, 7) is 3.93. The Bertz CT molecular complexity index is 535. The largest absolute Gasteiger partial charge is 0.384 e. The zero-order valence-electron chi connectivity index (χ0n) is 12.0. The zero-order chi connectivity index (χ0) is 14.5. The number of aliphatic hydroxyl groups excluding tert-OH is 1. The van der Waals surface area contributed by atoms with Crippen LogP contribution >= 0.6 is 0 Å². The van der Waals surface area contributed by atoms with Gasteiger partial charge in [0.15, 0.2) is 0 Å². The lowest BCUT2D eigenvalue weighted by Crippen LogP contribution is -2.47. The molecule has 2 rings (SSSR count). The van der Waals surface area contributed by atoms with E-state index in [4.69, 9.17) is 5.11 Å². The zero-order valence-corrected chi connectivity index (χ0v) is 12.0. The Morgan fingerprint density at radius 3 is 2.80 bits per heavy atom. The Labute approximate surface area is 119 Å². The van der Waals surface area contributed by atoms with E-state index in [1.807, 2.05) is 4.90 Å². The lowest BCUT2D eigenvalue weighted by molar-refractivity contribution is 0.0504. The summed E-state index contributed by atoms with van der Waals surface area (Å²) in [7, 11) is 0. The SMILES string of the molecule is CC1CCCC(C)N1C(=O)c1ncccc1C#CCO. The standard InChI is InChI=1S/C16H20N2O2/c1-12-6-3-7-13(2)18(12)16(20)15-14(9-5-11-19)8-4-10-17-15/h4,8,10,12-13,19H,3,6-7,11H2,1-2H3. The van der Waals surface area contributed by atoms with Gasteiger partial charge >= 0.3 is 0 Å². The van der Waals surface area contributed by atoms with Crippen LogP contribution in [0, 0.1) is 11.8 Å². The highest BCUT2D eigenvalue weighted by molar-refractivity contribution is 5.95. The number of rotatable bonds is 1. The number of aromatic nitrogens is 1. The molecule has 0 bridgehead atoms. The van der Waals surface area contributed by atoms with Crippen LogP contribution in [0.5, 0.6) is 0 Å². The van der Waals surface area contributed by atoms with Crippen molar-refractivity contribution in [2.75, 3.05) is 6.61 Å². The van der Waals surface area contributed by atoms with Gasteiger partial charge in [-0.25, -0.2) is 4.98 Å². The molecule has 1 aliphatic rings. The third kappa shape index (κ3) is 3.00. The molecule has 1 N–H and O–H groups in total. The van der Waals surface area contributed by atoms with E-state index < -0.39 is 0 Å². The molecule has 1 aromatic heterocycles. The van der Waals surface area contributed by atoms with Crippen molar-refractivity contribution in [3.05, 3.63) is 29.6 Å². The van der Waals surface area contributed by atoms with Gasteiger partial charge in [0.25, 0.3) is 5.91 Å². The number of pyridine rings is 1. The summed E-state index contributed by atoms with van der Waals surface area (Å²) in [6.07, 6.45) is 4.82. The summed E-state index contributed by atoms with van der Waals surface area (Å²) in [5.41, 5.74) is 0.963. The fraction of sp³-hybridized carbons (Fsp3) is 0.500. The first-order valence-electron chi connectivity index (χ1n) is 7.02. The van der Waals surface area contributed by atoms with Gasteiger partial charge in [0.1, 0.15) is 12.3 Å². The molecule has 0 radical (unpaired) electrons. The molecule has 1 aromatic rings. The summed E-state index contributed by atoms with van der Waals surface area (Å²) in [5.74, 6) is 5.32. The Morgan fingerprint density at radius 1 is 1.45 bits per heavy atom. The first kappa shape index (κ1) is 14.5. The van der Waals surface area contributed by atoms with Crippen LogP contribution in [0.25, 0.3) is 0 Å². The topological polar surface area (TPSA) is 53.4 Å². The monoisotopic (exact) mass is 272 g/mol. The van der Waals surface area contributed by atoms with Crippen molar-refractivity contribution in [1.29, 1.82) is 0 Å². The molecule has 2 unspecified atom stereocenters. The van der Waals surface area contributed by atoms with E-state index in [1.54, 1.807) is 18.3 Å². The van der Waals surface area contributed by atoms with Crippen molar-refractivity contribution in [1.82, 2.24) is 9.88 Å². The van der Waals surface area contributed by atoms with Gasteiger partial charge in [-0.05, 0) is 45.2 Å². The predicted octanol–water partition coefficient (Wildman–Crippen LogP) is 1.83. The third-order valence-corrected chi connectivity index (χ3v) is 3.74. The van der Waals surface area contributed by atoms with Crippen LogP contribution in [0.1, 0.15) is 49.2 Å². The highest BCUT2D eigenvalue weighted by Crippen LogP contribution is 2.24. The molecule has 1 saturated heterocycles. The van der Waals surface area contributed by atoms with Gasteiger partial charge in [0.05, 0.1) is 5.56 Å². The summed E-state index contributed by atoms with van der Waals surface area (Å²) in [5, 5.41) is 8.80. The molecule has 0 saturated carbocycles.